The molecule has 1 saturated carbocycles. The summed E-state index contributed by atoms with van der Waals surface area (Å²) in [5, 5.41) is 0. The molecule has 0 radical (unpaired) electrons. The topological polar surface area (TPSA) is 38.8 Å². The minimum absolute atomic E-state index is 0.0733. The average molecular weight is 142 g/mol. The van der Waals surface area contributed by atoms with Gasteiger partial charge in [-0.15, -0.1) is 0 Å². The molecule has 3 heteroatoms. The normalized spacial score (nSPS) is 42.7. The Morgan fingerprint density at radius 3 is 2.60 bits per heavy atom. The van der Waals surface area contributed by atoms with Crippen LogP contribution in [-0.2, 0) is 14.3 Å². The van der Waals surface area contributed by atoms with E-state index in [1.165, 1.54) is 7.11 Å². The molecule has 1 heterocycles. The van der Waals surface area contributed by atoms with Gasteiger partial charge in [0.05, 0.1) is 25.2 Å². The second-order valence-corrected chi connectivity index (χ2v) is 2.90. The summed E-state index contributed by atoms with van der Waals surface area (Å²) < 4.78 is 9.78. The van der Waals surface area contributed by atoms with E-state index >= 15 is 0 Å². The molecule has 10 heavy (non-hydrogen) atoms. The Hall–Kier alpha value is -0.570. The molecule has 56 valence electrons. The maximum atomic E-state index is 10.9. The molecule has 0 aromatic carbocycles. The van der Waals surface area contributed by atoms with Gasteiger partial charge in [0.1, 0.15) is 0 Å². The van der Waals surface area contributed by atoms with Crippen LogP contribution in [-0.4, -0.2) is 25.3 Å². The highest BCUT2D eigenvalue weighted by atomic mass is 16.6. The molecular formula is C7H10O3. The molecule has 2 fully saturated rings. The van der Waals surface area contributed by atoms with Crippen molar-refractivity contribution in [3.8, 4) is 0 Å². The van der Waals surface area contributed by atoms with Crippen molar-refractivity contribution in [3.63, 3.8) is 0 Å². The van der Waals surface area contributed by atoms with E-state index in [0.29, 0.717) is 12.2 Å². The van der Waals surface area contributed by atoms with Gasteiger partial charge in [-0.2, -0.15) is 0 Å². The van der Waals surface area contributed by atoms with Gasteiger partial charge in [0.15, 0.2) is 0 Å². The number of ether oxygens (including phenoxy) is 2. The van der Waals surface area contributed by atoms with Crippen LogP contribution in [0.5, 0.6) is 0 Å². The Labute approximate surface area is 59.3 Å². The van der Waals surface area contributed by atoms with Crippen molar-refractivity contribution in [3.05, 3.63) is 0 Å². The first-order chi connectivity index (χ1) is 4.81. The van der Waals surface area contributed by atoms with Crippen LogP contribution >= 0.6 is 0 Å². The van der Waals surface area contributed by atoms with Crippen molar-refractivity contribution in [1.82, 2.24) is 0 Å². The monoisotopic (exact) mass is 142 g/mol. The Balaban J connectivity index is 1.90. The molecule has 0 aromatic rings. The number of hydrogen-bond acceptors (Lipinski definition) is 3. The van der Waals surface area contributed by atoms with Gasteiger partial charge in [0.25, 0.3) is 0 Å². The molecule has 1 aliphatic carbocycles. The second kappa shape index (κ2) is 1.95. The van der Waals surface area contributed by atoms with Gasteiger partial charge >= 0.3 is 5.97 Å². The van der Waals surface area contributed by atoms with Gasteiger partial charge in [-0.25, -0.2) is 0 Å². The van der Waals surface area contributed by atoms with Crippen LogP contribution in [0.1, 0.15) is 12.8 Å². The average Bonchev–Trinajstić information content (AvgIpc) is 2.57. The standard InChI is InChI=1S/C7H10O3/c1-9-7(8)4-2-5-6(3-4)10-5/h4-6H,2-3H2,1H3/t4?,5-,6+. The number of esters is 1. The summed E-state index contributed by atoms with van der Waals surface area (Å²) in [6, 6.07) is 0. The number of carbonyl (C=O) groups excluding carboxylic acids is 1. The summed E-state index contributed by atoms with van der Waals surface area (Å²) in [4.78, 5) is 10.9. The summed E-state index contributed by atoms with van der Waals surface area (Å²) in [6.07, 6.45) is 2.50. The van der Waals surface area contributed by atoms with Crippen molar-refractivity contribution in [2.24, 2.45) is 5.92 Å². The Kier molecular flexibility index (Phi) is 1.20. The number of methoxy groups -OCH3 is 1. The van der Waals surface area contributed by atoms with Gasteiger partial charge in [0, 0.05) is 0 Å². The SMILES string of the molecule is COC(=O)C1C[C@@H]2O[C@@H]2C1. The zero-order valence-electron chi connectivity index (χ0n) is 5.87. The number of fused-ring (bicyclic) bond motifs is 1. The minimum Gasteiger partial charge on any atom is -0.469 e. The Bertz CT molecular complexity index is 156. The molecule has 2 rings (SSSR count). The van der Waals surface area contributed by atoms with Crippen LogP contribution in [0.15, 0.2) is 0 Å². The van der Waals surface area contributed by atoms with Gasteiger partial charge < -0.3 is 9.47 Å². The van der Waals surface area contributed by atoms with E-state index < -0.39 is 0 Å². The summed E-state index contributed by atoms with van der Waals surface area (Å²) >= 11 is 0. The fourth-order valence-electron chi connectivity index (χ4n) is 1.61. The van der Waals surface area contributed by atoms with Crippen molar-refractivity contribution in [2.45, 2.75) is 25.0 Å². The molecule has 0 amide bonds. The van der Waals surface area contributed by atoms with E-state index in [4.69, 9.17) is 4.74 Å². The number of rotatable bonds is 1. The summed E-state index contributed by atoms with van der Waals surface area (Å²) in [5.41, 5.74) is 0. The van der Waals surface area contributed by atoms with Gasteiger partial charge in [-0.1, -0.05) is 0 Å². The van der Waals surface area contributed by atoms with E-state index in [1.807, 2.05) is 0 Å². The van der Waals surface area contributed by atoms with Crippen LogP contribution < -0.4 is 0 Å². The lowest BCUT2D eigenvalue weighted by atomic mass is 10.1. The van der Waals surface area contributed by atoms with Crippen molar-refractivity contribution < 1.29 is 14.3 Å². The zero-order valence-corrected chi connectivity index (χ0v) is 5.87. The third-order valence-electron chi connectivity index (χ3n) is 2.26. The molecule has 0 spiro atoms. The van der Waals surface area contributed by atoms with E-state index in [9.17, 15) is 4.79 Å². The summed E-state index contributed by atoms with van der Waals surface area (Å²) in [5.74, 6) is 0.0459. The molecule has 3 atom stereocenters. The van der Waals surface area contributed by atoms with Crippen molar-refractivity contribution in [2.75, 3.05) is 7.11 Å². The maximum Gasteiger partial charge on any atom is 0.308 e. The summed E-state index contributed by atoms with van der Waals surface area (Å²) in [6.45, 7) is 0. The van der Waals surface area contributed by atoms with E-state index in [2.05, 4.69) is 4.74 Å². The molecule has 2 aliphatic rings. The molecule has 1 unspecified atom stereocenters. The number of carbonyl (C=O) groups is 1. The molecule has 3 nitrogen and oxygen atoms in total. The lowest BCUT2D eigenvalue weighted by Gasteiger charge is -2.06. The predicted octanol–water partition coefficient (Wildman–Crippen LogP) is 0.337. The molecule has 0 N–H and O–H groups in total. The zero-order chi connectivity index (χ0) is 7.14. The first kappa shape index (κ1) is 6.16. The fourth-order valence-corrected chi connectivity index (χ4v) is 1.61. The quantitative estimate of drug-likeness (QED) is 0.391. The van der Waals surface area contributed by atoms with E-state index in [1.54, 1.807) is 0 Å². The molecule has 1 aliphatic heterocycles. The Morgan fingerprint density at radius 1 is 1.50 bits per heavy atom. The predicted molar refractivity (Wildman–Crippen MR) is 33.4 cm³/mol. The van der Waals surface area contributed by atoms with E-state index in [-0.39, 0.29) is 11.9 Å². The molecular weight excluding hydrogens is 132 g/mol. The number of hydrogen-bond donors (Lipinski definition) is 0. The second-order valence-electron chi connectivity index (χ2n) is 2.90. The molecule has 0 aromatic heterocycles. The molecule has 0 bridgehead atoms. The largest absolute Gasteiger partial charge is 0.469 e. The lowest BCUT2D eigenvalue weighted by molar-refractivity contribution is -0.146. The summed E-state index contributed by atoms with van der Waals surface area (Å²) in [7, 11) is 1.44. The van der Waals surface area contributed by atoms with Crippen molar-refractivity contribution >= 4 is 5.97 Å². The third kappa shape index (κ3) is 0.814. The number of epoxide rings is 1. The van der Waals surface area contributed by atoms with Gasteiger partial charge in [-0.3, -0.25) is 4.79 Å². The first-order valence-corrected chi connectivity index (χ1v) is 3.54. The highest BCUT2D eigenvalue weighted by Gasteiger charge is 2.50. The highest BCUT2D eigenvalue weighted by molar-refractivity contribution is 5.73. The van der Waals surface area contributed by atoms with Gasteiger partial charge in [0.2, 0.25) is 0 Å². The fraction of sp³-hybridized carbons (Fsp3) is 0.857. The van der Waals surface area contributed by atoms with Crippen LogP contribution in [0.25, 0.3) is 0 Å². The first-order valence-electron chi connectivity index (χ1n) is 3.54. The minimum atomic E-state index is -0.0733. The third-order valence-corrected chi connectivity index (χ3v) is 2.26. The maximum absolute atomic E-state index is 10.9. The van der Waals surface area contributed by atoms with E-state index in [0.717, 1.165) is 12.8 Å². The molecule has 1 saturated heterocycles. The highest BCUT2D eigenvalue weighted by Crippen LogP contribution is 2.42. The lowest BCUT2D eigenvalue weighted by Crippen LogP contribution is -2.14. The van der Waals surface area contributed by atoms with Crippen LogP contribution in [0, 0.1) is 5.92 Å². The van der Waals surface area contributed by atoms with Crippen LogP contribution in [0.3, 0.4) is 0 Å². The van der Waals surface area contributed by atoms with Gasteiger partial charge in [-0.05, 0) is 12.8 Å². The van der Waals surface area contributed by atoms with Crippen LogP contribution in [0.2, 0.25) is 0 Å². The van der Waals surface area contributed by atoms with Crippen LogP contribution in [0.4, 0.5) is 0 Å². The Morgan fingerprint density at radius 2 is 2.10 bits per heavy atom. The smallest absolute Gasteiger partial charge is 0.308 e. The van der Waals surface area contributed by atoms with Crippen molar-refractivity contribution in [1.29, 1.82) is 0 Å².